The Morgan fingerprint density at radius 1 is 1.19 bits per heavy atom. The molecule has 1 saturated carbocycles. The van der Waals surface area contributed by atoms with Crippen LogP contribution in [0.3, 0.4) is 0 Å². The molecule has 0 radical (unpaired) electrons. The first-order chi connectivity index (χ1) is 10.2. The number of halogens is 2. The molecule has 21 heavy (non-hydrogen) atoms. The largest absolute Gasteiger partial charge is 0.494 e. The van der Waals surface area contributed by atoms with Gasteiger partial charge >= 0.3 is 0 Å². The lowest BCUT2D eigenvalue weighted by molar-refractivity contribution is 0.371. The molecule has 1 N–H and O–H groups in total. The summed E-state index contributed by atoms with van der Waals surface area (Å²) in [6.07, 6.45) is 2.17. The second-order valence-corrected chi connectivity index (χ2v) is 6.23. The monoisotopic (exact) mass is 349 g/mol. The summed E-state index contributed by atoms with van der Waals surface area (Å²) in [4.78, 5) is 0. The van der Waals surface area contributed by atoms with Crippen LogP contribution in [0.1, 0.15) is 24.3 Å². The number of hydrogen-bond acceptors (Lipinski definition) is 2. The molecule has 0 saturated heterocycles. The summed E-state index contributed by atoms with van der Waals surface area (Å²) in [5.41, 5.74) is 2.27. The minimum Gasteiger partial charge on any atom is -0.494 e. The third-order valence-corrected chi connectivity index (χ3v) is 4.73. The third-order valence-electron chi connectivity index (χ3n) is 4.01. The quantitative estimate of drug-likeness (QED) is 0.842. The molecule has 0 aliphatic heterocycles. The van der Waals surface area contributed by atoms with Crippen LogP contribution in [0.25, 0.3) is 0 Å². The number of ether oxygens (including phenoxy) is 1. The molecule has 1 aliphatic carbocycles. The van der Waals surface area contributed by atoms with Crippen LogP contribution < -0.4 is 10.1 Å². The SMILES string of the molecule is COc1cc(NC2CC(c3ccccc3Br)C2)ccc1F. The van der Waals surface area contributed by atoms with Gasteiger partial charge in [0.2, 0.25) is 0 Å². The summed E-state index contributed by atoms with van der Waals surface area (Å²) in [6, 6.07) is 13.7. The molecule has 0 spiro atoms. The fraction of sp³-hybridized carbons (Fsp3) is 0.294. The van der Waals surface area contributed by atoms with Crippen molar-refractivity contribution in [3.05, 3.63) is 58.3 Å². The van der Waals surface area contributed by atoms with Gasteiger partial charge in [-0.1, -0.05) is 34.1 Å². The van der Waals surface area contributed by atoms with Gasteiger partial charge < -0.3 is 10.1 Å². The van der Waals surface area contributed by atoms with E-state index in [2.05, 4.69) is 39.4 Å². The molecule has 1 aliphatic rings. The van der Waals surface area contributed by atoms with Crippen molar-refractivity contribution >= 4 is 21.6 Å². The van der Waals surface area contributed by atoms with Crippen molar-refractivity contribution in [3.8, 4) is 5.75 Å². The van der Waals surface area contributed by atoms with E-state index in [0.717, 1.165) is 18.5 Å². The van der Waals surface area contributed by atoms with Gasteiger partial charge in [-0.05, 0) is 42.5 Å². The minimum absolute atomic E-state index is 0.279. The molecule has 2 nitrogen and oxygen atoms in total. The number of benzene rings is 2. The van der Waals surface area contributed by atoms with Crippen LogP contribution in [0, 0.1) is 5.82 Å². The van der Waals surface area contributed by atoms with E-state index in [9.17, 15) is 4.39 Å². The van der Waals surface area contributed by atoms with Gasteiger partial charge in [0, 0.05) is 22.3 Å². The van der Waals surface area contributed by atoms with Crippen LogP contribution in [0.15, 0.2) is 46.9 Å². The van der Waals surface area contributed by atoms with Crippen molar-refractivity contribution < 1.29 is 9.13 Å². The van der Waals surface area contributed by atoms with Gasteiger partial charge in [0.25, 0.3) is 0 Å². The van der Waals surface area contributed by atoms with Crippen LogP contribution in [-0.4, -0.2) is 13.2 Å². The molecule has 1 fully saturated rings. The Balaban J connectivity index is 1.61. The molecule has 110 valence electrons. The van der Waals surface area contributed by atoms with Crippen LogP contribution in [-0.2, 0) is 0 Å². The molecule has 2 aromatic carbocycles. The highest BCUT2D eigenvalue weighted by atomic mass is 79.9. The second kappa shape index (κ2) is 6.06. The Morgan fingerprint density at radius 3 is 2.67 bits per heavy atom. The van der Waals surface area contributed by atoms with Gasteiger partial charge in [-0.15, -0.1) is 0 Å². The highest BCUT2D eigenvalue weighted by Crippen LogP contribution is 2.41. The summed E-state index contributed by atoms with van der Waals surface area (Å²) in [5.74, 6) is 0.532. The predicted molar refractivity (Wildman–Crippen MR) is 86.5 cm³/mol. The Kier molecular flexibility index (Phi) is 4.15. The van der Waals surface area contributed by atoms with Crippen LogP contribution in [0.4, 0.5) is 10.1 Å². The Morgan fingerprint density at radius 2 is 1.95 bits per heavy atom. The molecule has 2 aromatic rings. The van der Waals surface area contributed by atoms with E-state index in [0.29, 0.717) is 12.0 Å². The fourth-order valence-electron chi connectivity index (χ4n) is 2.78. The Labute approximate surface area is 132 Å². The van der Waals surface area contributed by atoms with Crippen LogP contribution in [0.5, 0.6) is 5.75 Å². The van der Waals surface area contributed by atoms with Crippen molar-refractivity contribution in [1.82, 2.24) is 0 Å². The van der Waals surface area contributed by atoms with Crippen LogP contribution in [0.2, 0.25) is 0 Å². The highest BCUT2D eigenvalue weighted by molar-refractivity contribution is 9.10. The molecule has 3 rings (SSSR count). The average Bonchev–Trinajstić information content (AvgIpc) is 2.45. The normalized spacial score (nSPS) is 20.7. The maximum atomic E-state index is 13.4. The molecule has 0 atom stereocenters. The van der Waals surface area contributed by atoms with E-state index in [-0.39, 0.29) is 11.6 Å². The lowest BCUT2D eigenvalue weighted by Gasteiger charge is -2.37. The van der Waals surface area contributed by atoms with E-state index in [1.165, 1.54) is 23.2 Å². The second-order valence-electron chi connectivity index (χ2n) is 5.38. The zero-order valence-electron chi connectivity index (χ0n) is 11.8. The molecule has 0 heterocycles. The van der Waals surface area contributed by atoms with Crippen molar-refractivity contribution in [2.24, 2.45) is 0 Å². The van der Waals surface area contributed by atoms with Gasteiger partial charge in [0.1, 0.15) is 0 Å². The van der Waals surface area contributed by atoms with Gasteiger partial charge in [0.05, 0.1) is 7.11 Å². The van der Waals surface area contributed by atoms with E-state index in [1.807, 2.05) is 6.07 Å². The topological polar surface area (TPSA) is 21.3 Å². The van der Waals surface area contributed by atoms with Crippen molar-refractivity contribution in [2.45, 2.75) is 24.8 Å². The molecular formula is C17H17BrFNO. The highest BCUT2D eigenvalue weighted by Gasteiger charge is 2.31. The van der Waals surface area contributed by atoms with E-state index >= 15 is 0 Å². The van der Waals surface area contributed by atoms with Gasteiger partial charge in [0.15, 0.2) is 11.6 Å². The lowest BCUT2D eigenvalue weighted by Crippen LogP contribution is -2.34. The molecule has 0 amide bonds. The standard InChI is InChI=1S/C17H17BrFNO/c1-21-17-10-12(6-7-16(17)19)20-13-8-11(9-13)14-4-2-3-5-15(14)18/h2-7,10-11,13,20H,8-9H2,1H3. The predicted octanol–water partition coefficient (Wildman–Crippen LogP) is 4.95. The fourth-order valence-corrected chi connectivity index (χ4v) is 3.39. The molecular weight excluding hydrogens is 333 g/mol. The third kappa shape index (κ3) is 3.05. The van der Waals surface area contributed by atoms with Crippen molar-refractivity contribution in [1.29, 1.82) is 0 Å². The number of nitrogens with one attached hydrogen (secondary N) is 1. The van der Waals surface area contributed by atoms with Gasteiger partial charge in [-0.25, -0.2) is 4.39 Å². The molecule has 4 heteroatoms. The maximum Gasteiger partial charge on any atom is 0.165 e. The summed E-state index contributed by atoms with van der Waals surface area (Å²) in [6.45, 7) is 0. The van der Waals surface area contributed by atoms with E-state index in [4.69, 9.17) is 4.74 Å². The Hall–Kier alpha value is -1.55. The van der Waals surface area contributed by atoms with Crippen molar-refractivity contribution in [2.75, 3.05) is 12.4 Å². The van der Waals surface area contributed by atoms with E-state index < -0.39 is 0 Å². The van der Waals surface area contributed by atoms with E-state index in [1.54, 1.807) is 12.1 Å². The molecule has 0 unspecified atom stereocenters. The smallest absolute Gasteiger partial charge is 0.165 e. The summed E-state index contributed by atoms with van der Waals surface area (Å²) >= 11 is 3.61. The number of methoxy groups -OCH3 is 1. The minimum atomic E-state index is -0.331. The number of anilines is 1. The number of rotatable bonds is 4. The van der Waals surface area contributed by atoms with Gasteiger partial charge in [-0.2, -0.15) is 0 Å². The zero-order valence-corrected chi connectivity index (χ0v) is 13.4. The van der Waals surface area contributed by atoms with Crippen molar-refractivity contribution in [3.63, 3.8) is 0 Å². The maximum absolute atomic E-state index is 13.4. The summed E-state index contributed by atoms with van der Waals surface area (Å²) < 4.78 is 19.6. The summed E-state index contributed by atoms with van der Waals surface area (Å²) in [5, 5.41) is 3.44. The first-order valence-corrected chi connectivity index (χ1v) is 7.81. The zero-order chi connectivity index (χ0) is 14.8. The van der Waals surface area contributed by atoms with Crippen LogP contribution >= 0.6 is 15.9 Å². The first-order valence-electron chi connectivity index (χ1n) is 7.02. The first kappa shape index (κ1) is 14.4. The molecule has 0 aromatic heterocycles. The lowest BCUT2D eigenvalue weighted by atomic mass is 9.76. The number of hydrogen-bond donors (Lipinski definition) is 1. The summed E-state index contributed by atoms with van der Waals surface area (Å²) in [7, 11) is 1.48. The average molecular weight is 350 g/mol. The molecule has 0 bridgehead atoms. The Bertz CT molecular complexity index is 640. The van der Waals surface area contributed by atoms with Gasteiger partial charge in [-0.3, -0.25) is 0 Å².